The van der Waals surface area contributed by atoms with Gasteiger partial charge in [0.2, 0.25) is 0 Å². The predicted molar refractivity (Wildman–Crippen MR) is 116 cm³/mol. The van der Waals surface area contributed by atoms with E-state index in [0.717, 1.165) is 42.8 Å². The van der Waals surface area contributed by atoms with Crippen molar-refractivity contribution in [3.05, 3.63) is 30.2 Å². The maximum atomic E-state index is 4.82. The molecular formula is C17H27IN6S. The van der Waals surface area contributed by atoms with E-state index in [1.807, 2.05) is 28.8 Å². The normalized spacial score (nSPS) is 18.5. The molecule has 0 aromatic carbocycles. The molecule has 1 atom stereocenters. The van der Waals surface area contributed by atoms with E-state index in [2.05, 4.69) is 52.9 Å². The van der Waals surface area contributed by atoms with Crippen molar-refractivity contribution in [3.63, 3.8) is 0 Å². The predicted octanol–water partition coefficient (Wildman–Crippen LogP) is 2.89. The summed E-state index contributed by atoms with van der Waals surface area (Å²) in [5.41, 5.74) is 0.863. The molecule has 1 N–H and O–H groups in total. The molecule has 1 saturated heterocycles. The summed E-state index contributed by atoms with van der Waals surface area (Å²) < 4.78 is 2.00. The fourth-order valence-electron chi connectivity index (χ4n) is 2.84. The van der Waals surface area contributed by atoms with Crippen LogP contribution in [0.4, 0.5) is 0 Å². The Morgan fingerprint density at radius 3 is 3.00 bits per heavy atom. The molecule has 1 aliphatic rings. The highest BCUT2D eigenvalue weighted by Crippen LogP contribution is 2.24. The van der Waals surface area contributed by atoms with Crippen molar-refractivity contribution in [1.29, 1.82) is 0 Å². The van der Waals surface area contributed by atoms with E-state index in [1.54, 1.807) is 0 Å². The van der Waals surface area contributed by atoms with E-state index in [-0.39, 0.29) is 24.0 Å². The Hall–Kier alpha value is -1.03. The van der Waals surface area contributed by atoms with Gasteiger partial charge in [0, 0.05) is 36.8 Å². The number of fused-ring (bicyclic) bond motifs is 1. The fourth-order valence-corrected chi connectivity index (χ4v) is 4.14. The summed E-state index contributed by atoms with van der Waals surface area (Å²) in [4.78, 5) is 7.21. The van der Waals surface area contributed by atoms with Crippen molar-refractivity contribution in [1.82, 2.24) is 24.8 Å². The van der Waals surface area contributed by atoms with Gasteiger partial charge in [-0.2, -0.15) is 11.8 Å². The van der Waals surface area contributed by atoms with Crippen LogP contribution < -0.4 is 5.32 Å². The molecule has 1 fully saturated rings. The first-order chi connectivity index (χ1) is 11.7. The maximum Gasteiger partial charge on any atom is 0.194 e. The van der Waals surface area contributed by atoms with Crippen LogP contribution in [0.15, 0.2) is 29.4 Å². The third kappa shape index (κ3) is 4.99. The summed E-state index contributed by atoms with van der Waals surface area (Å²) in [6.07, 6.45) is 1.99. The zero-order chi connectivity index (χ0) is 16.9. The molecule has 1 unspecified atom stereocenters. The minimum Gasteiger partial charge on any atom is -0.357 e. The molecule has 0 amide bonds. The number of guanidine groups is 1. The molecule has 0 bridgehead atoms. The molecule has 0 radical (unpaired) electrons. The van der Waals surface area contributed by atoms with Gasteiger partial charge in [-0.3, -0.25) is 4.40 Å². The molecule has 0 spiro atoms. The molecule has 6 nitrogen and oxygen atoms in total. The maximum absolute atomic E-state index is 4.82. The highest BCUT2D eigenvalue weighted by atomic mass is 127. The minimum absolute atomic E-state index is 0. The number of aromatic nitrogens is 3. The molecule has 25 heavy (non-hydrogen) atoms. The van der Waals surface area contributed by atoms with E-state index in [1.165, 1.54) is 0 Å². The minimum atomic E-state index is 0. The van der Waals surface area contributed by atoms with Gasteiger partial charge in [-0.25, -0.2) is 4.99 Å². The number of pyridine rings is 1. The molecule has 0 saturated carbocycles. The number of nitrogens with one attached hydrogen (secondary N) is 1. The first kappa shape index (κ1) is 20.3. The highest BCUT2D eigenvalue weighted by Gasteiger charge is 2.24. The van der Waals surface area contributed by atoms with Crippen LogP contribution >= 0.6 is 35.7 Å². The molecule has 0 aliphatic carbocycles. The number of aliphatic imine (C=N–C) groups is 1. The number of hydrogen-bond acceptors (Lipinski definition) is 4. The number of rotatable bonds is 4. The van der Waals surface area contributed by atoms with Gasteiger partial charge in [0.25, 0.3) is 0 Å². The van der Waals surface area contributed by atoms with E-state index in [9.17, 15) is 0 Å². The standard InChI is InChI=1S/C17H26N6S.HI/c1-4-18-17(22-9-10-24-14(12-22)13(2)3)19-11-16-21-20-15-7-5-6-8-23(15)16;/h5-8,13-14H,4,9-12H2,1-3H3,(H,18,19);1H. The Bertz CT molecular complexity index is 701. The number of halogens is 1. The van der Waals surface area contributed by atoms with Crippen LogP contribution in [-0.2, 0) is 6.54 Å². The van der Waals surface area contributed by atoms with Gasteiger partial charge in [0.15, 0.2) is 17.4 Å². The molecule has 3 rings (SSSR count). The Morgan fingerprint density at radius 2 is 2.24 bits per heavy atom. The van der Waals surface area contributed by atoms with Gasteiger partial charge in [-0.15, -0.1) is 34.2 Å². The topological polar surface area (TPSA) is 57.8 Å². The lowest BCUT2D eigenvalue weighted by Crippen LogP contribution is -2.49. The Balaban J connectivity index is 0.00000225. The second-order valence-electron chi connectivity index (χ2n) is 6.31. The fraction of sp³-hybridized carbons (Fsp3) is 0.588. The zero-order valence-electron chi connectivity index (χ0n) is 15.1. The lowest BCUT2D eigenvalue weighted by molar-refractivity contribution is 0.380. The van der Waals surface area contributed by atoms with Crippen molar-refractivity contribution < 1.29 is 0 Å². The summed E-state index contributed by atoms with van der Waals surface area (Å²) in [6.45, 7) is 10.2. The van der Waals surface area contributed by atoms with Gasteiger partial charge < -0.3 is 10.2 Å². The second-order valence-corrected chi connectivity index (χ2v) is 7.66. The highest BCUT2D eigenvalue weighted by molar-refractivity contribution is 14.0. The van der Waals surface area contributed by atoms with Crippen LogP contribution in [0.3, 0.4) is 0 Å². The van der Waals surface area contributed by atoms with Crippen molar-refractivity contribution in [2.75, 3.05) is 25.4 Å². The summed E-state index contributed by atoms with van der Waals surface area (Å²) in [6, 6.07) is 5.92. The number of nitrogens with zero attached hydrogens (tertiary/aromatic N) is 5. The zero-order valence-corrected chi connectivity index (χ0v) is 18.2. The van der Waals surface area contributed by atoms with Crippen LogP contribution in [0.5, 0.6) is 0 Å². The third-order valence-corrected chi connectivity index (χ3v) is 5.77. The SMILES string of the molecule is CCNC(=NCc1nnc2ccccn12)N1CCSC(C(C)C)C1.I. The van der Waals surface area contributed by atoms with Crippen LogP contribution in [0.1, 0.15) is 26.6 Å². The monoisotopic (exact) mass is 474 g/mol. The summed E-state index contributed by atoms with van der Waals surface area (Å²) in [5.74, 6) is 3.69. The van der Waals surface area contributed by atoms with Crippen LogP contribution in [0, 0.1) is 5.92 Å². The average Bonchev–Trinajstić information content (AvgIpc) is 3.02. The third-order valence-electron chi connectivity index (χ3n) is 4.23. The van der Waals surface area contributed by atoms with E-state index >= 15 is 0 Å². The van der Waals surface area contributed by atoms with Crippen molar-refractivity contribution in [2.45, 2.75) is 32.6 Å². The quantitative estimate of drug-likeness (QED) is 0.420. The molecule has 2 aromatic rings. The molecule has 1 aliphatic heterocycles. The smallest absolute Gasteiger partial charge is 0.194 e. The van der Waals surface area contributed by atoms with Crippen LogP contribution in [0.2, 0.25) is 0 Å². The van der Waals surface area contributed by atoms with Gasteiger partial charge in [0.05, 0.1) is 0 Å². The second kappa shape index (κ2) is 9.61. The largest absolute Gasteiger partial charge is 0.357 e. The average molecular weight is 474 g/mol. The van der Waals surface area contributed by atoms with Crippen LogP contribution in [-0.4, -0.2) is 56.1 Å². The van der Waals surface area contributed by atoms with Gasteiger partial charge in [0.1, 0.15) is 6.54 Å². The summed E-state index contributed by atoms with van der Waals surface area (Å²) in [5, 5.41) is 12.6. The van der Waals surface area contributed by atoms with E-state index in [0.29, 0.717) is 17.7 Å². The van der Waals surface area contributed by atoms with Gasteiger partial charge >= 0.3 is 0 Å². The van der Waals surface area contributed by atoms with Crippen molar-refractivity contribution >= 4 is 47.3 Å². The summed E-state index contributed by atoms with van der Waals surface area (Å²) in [7, 11) is 0. The van der Waals surface area contributed by atoms with Crippen molar-refractivity contribution in [2.24, 2.45) is 10.9 Å². The molecular weight excluding hydrogens is 447 g/mol. The first-order valence-corrected chi connectivity index (χ1v) is 9.67. The molecule has 3 heterocycles. The van der Waals surface area contributed by atoms with Crippen LogP contribution in [0.25, 0.3) is 5.65 Å². The Kier molecular flexibility index (Phi) is 7.80. The Labute approximate surface area is 170 Å². The van der Waals surface area contributed by atoms with Crippen molar-refractivity contribution in [3.8, 4) is 0 Å². The number of thioether (sulfide) groups is 1. The molecule has 8 heteroatoms. The lowest BCUT2D eigenvalue weighted by atomic mass is 10.1. The lowest BCUT2D eigenvalue weighted by Gasteiger charge is -2.36. The first-order valence-electron chi connectivity index (χ1n) is 8.62. The summed E-state index contributed by atoms with van der Waals surface area (Å²) >= 11 is 2.08. The van der Waals surface area contributed by atoms with E-state index in [4.69, 9.17) is 4.99 Å². The molecule has 2 aromatic heterocycles. The Morgan fingerprint density at radius 1 is 1.40 bits per heavy atom. The number of hydrogen-bond donors (Lipinski definition) is 1. The van der Waals surface area contributed by atoms with Gasteiger partial charge in [-0.1, -0.05) is 19.9 Å². The van der Waals surface area contributed by atoms with Gasteiger partial charge in [-0.05, 0) is 25.0 Å². The van der Waals surface area contributed by atoms with E-state index < -0.39 is 0 Å². The molecule has 138 valence electrons.